The van der Waals surface area contributed by atoms with Gasteiger partial charge in [0.25, 0.3) is 0 Å². The van der Waals surface area contributed by atoms with Gasteiger partial charge in [0.05, 0.1) is 11.5 Å². The molecule has 0 bridgehead atoms. The van der Waals surface area contributed by atoms with Gasteiger partial charge in [-0.3, -0.25) is 0 Å². The van der Waals surface area contributed by atoms with Crippen molar-refractivity contribution >= 4 is 15.7 Å². The van der Waals surface area contributed by atoms with Gasteiger partial charge in [-0.05, 0) is 44.2 Å². The van der Waals surface area contributed by atoms with Crippen LogP contribution in [0.4, 0.5) is 5.69 Å². The monoisotopic (exact) mass is 270 g/mol. The van der Waals surface area contributed by atoms with Gasteiger partial charge in [0, 0.05) is 18.3 Å². The Morgan fingerprint density at radius 2 is 1.94 bits per heavy atom. The first-order chi connectivity index (χ1) is 8.58. The first-order valence-corrected chi connectivity index (χ1v) is 7.48. The predicted octanol–water partition coefficient (Wildman–Crippen LogP) is 0.556. The van der Waals surface area contributed by atoms with Gasteiger partial charge in [0.2, 0.25) is 10.0 Å². The zero-order valence-corrected chi connectivity index (χ0v) is 11.2. The molecule has 1 fully saturated rings. The average molecular weight is 270 g/mol. The second kappa shape index (κ2) is 5.26. The van der Waals surface area contributed by atoms with E-state index in [4.69, 9.17) is 5.11 Å². The third kappa shape index (κ3) is 2.82. The van der Waals surface area contributed by atoms with Crippen molar-refractivity contribution in [1.82, 2.24) is 4.72 Å². The van der Waals surface area contributed by atoms with Gasteiger partial charge in [0.1, 0.15) is 0 Å². The zero-order chi connectivity index (χ0) is 13.2. The fraction of sp³-hybridized carbons (Fsp3) is 0.500. The van der Waals surface area contributed by atoms with Crippen molar-refractivity contribution in [3.63, 3.8) is 0 Å². The molecule has 0 heterocycles. The lowest BCUT2D eigenvalue weighted by atomic mass is 10.3. The fourth-order valence-corrected chi connectivity index (χ4v) is 2.68. The predicted molar refractivity (Wildman–Crippen MR) is 70.1 cm³/mol. The van der Waals surface area contributed by atoms with Crippen LogP contribution < -0.4 is 9.62 Å². The summed E-state index contributed by atoms with van der Waals surface area (Å²) in [6.07, 6.45) is 2.27. The van der Waals surface area contributed by atoms with E-state index < -0.39 is 10.0 Å². The number of benzene rings is 1. The van der Waals surface area contributed by atoms with E-state index in [0.29, 0.717) is 12.6 Å². The van der Waals surface area contributed by atoms with Crippen LogP contribution in [0.2, 0.25) is 0 Å². The van der Waals surface area contributed by atoms with Crippen LogP contribution in [-0.4, -0.2) is 39.8 Å². The Labute approximate surface area is 107 Å². The third-order valence-corrected chi connectivity index (χ3v) is 4.51. The molecule has 0 spiro atoms. The van der Waals surface area contributed by atoms with Crippen LogP contribution in [-0.2, 0) is 10.0 Å². The van der Waals surface area contributed by atoms with Crippen LogP contribution in [0.25, 0.3) is 0 Å². The smallest absolute Gasteiger partial charge is 0.240 e. The van der Waals surface area contributed by atoms with Crippen LogP contribution in [0.1, 0.15) is 12.8 Å². The number of rotatable bonds is 6. The summed E-state index contributed by atoms with van der Waals surface area (Å²) in [4.78, 5) is 2.38. The Morgan fingerprint density at radius 1 is 1.33 bits per heavy atom. The molecule has 2 rings (SSSR count). The molecular formula is C12H18N2O3S. The number of hydrogen-bond donors (Lipinski definition) is 2. The van der Waals surface area contributed by atoms with E-state index in [9.17, 15) is 8.42 Å². The van der Waals surface area contributed by atoms with Crippen molar-refractivity contribution in [3.05, 3.63) is 24.3 Å². The van der Waals surface area contributed by atoms with E-state index in [1.165, 1.54) is 7.05 Å². The van der Waals surface area contributed by atoms with Crippen molar-refractivity contribution in [2.24, 2.45) is 0 Å². The SMILES string of the molecule is CNS(=O)(=O)c1ccc(N(CCO)C2CC2)cc1. The molecule has 0 amide bonds. The van der Waals surface area contributed by atoms with Crippen LogP contribution >= 0.6 is 0 Å². The largest absolute Gasteiger partial charge is 0.395 e. The first-order valence-electron chi connectivity index (χ1n) is 5.99. The summed E-state index contributed by atoms with van der Waals surface area (Å²) in [5, 5.41) is 9.05. The molecular weight excluding hydrogens is 252 g/mol. The molecule has 18 heavy (non-hydrogen) atoms. The zero-order valence-electron chi connectivity index (χ0n) is 10.3. The highest BCUT2D eigenvalue weighted by atomic mass is 32.2. The maximum atomic E-state index is 11.6. The van der Waals surface area contributed by atoms with Gasteiger partial charge >= 0.3 is 0 Å². The van der Waals surface area contributed by atoms with Crippen molar-refractivity contribution < 1.29 is 13.5 Å². The lowest BCUT2D eigenvalue weighted by molar-refractivity contribution is 0.301. The maximum absolute atomic E-state index is 11.6. The number of nitrogens with one attached hydrogen (secondary N) is 1. The molecule has 1 aliphatic rings. The molecule has 1 aromatic carbocycles. The molecule has 2 N–H and O–H groups in total. The van der Waals surface area contributed by atoms with E-state index in [1.54, 1.807) is 24.3 Å². The van der Waals surface area contributed by atoms with Crippen LogP contribution in [0.15, 0.2) is 29.2 Å². The highest BCUT2D eigenvalue weighted by Gasteiger charge is 2.28. The molecule has 5 nitrogen and oxygen atoms in total. The molecule has 0 unspecified atom stereocenters. The fourth-order valence-electron chi connectivity index (χ4n) is 1.95. The van der Waals surface area contributed by atoms with E-state index in [-0.39, 0.29) is 11.5 Å². The summed E-state index contributed by atoms with van der Waals surface area (Å²) < 4.78 is 25.5. The third-order valence-electron chi connectivity index (χ3n) is 3.08. The second-order valence-electron chi connectivity index (χ2n) is 4.35. The molecule has 1 aliphatic carbocycles. The van der Waals surface area contributed by atoms with Gasteiger partial charge in [-0.2, -0.15) is 0 Å². The Kier molecular flexibility index (Phi) is 3.89. The minimum absolute atomic E-state index is 0.104. The summed E-state index contributed by atoms with van der Waals surface area (Å²) >= 11 is 0. The highest BCUT2D eigenvalue weighted by Crippen LogP contribution is 2.31. The first kappa shape index (κ1) is 13.3. The Balaban J connectivity index is 2.20. The van der Waals surface area contributed by atoms with Gasteiger partial charge in [-0.25, -0.2) is 13.1 Å². The number of sulfonamides is 1. The summed E-state index contributed by atoms with van der Waals surface area (Å²) in [5.74, 6) is 0. The van der Waals surface area contributed by atoms with Crippen LogP contribution in [0, 0.1) is 0 Å². The van der Waals surface area contributed by atoms with Crippen LogP contribution in [0.5, 0.6) is 0 Å². The maximum Gasteiger partial charge on any atom is 0.240 e. The molecule has 100 valence electrons. The number of nitrogens with zero attached hydrogens (tertiary/aromatic N) is 1. The number of anilines is 1. The lowest BCUT2D eigenvalue weighted by Crippen LogP contribution is -2.28. The molecule has 0 aliphatic heterocycles. The molecule has 1 aromatic rings. The Bertz CT molecular complexity index is 495. The van der Waals surface area contributed by atoms with E-state index >= 15 is 0 Å². The summed E-state index contributed by atoms with van der Waals surface area (Å²) in [6.45, 7) is 0.690. The standard InChI is InChI=1S/C12H18N2O3S/c1-13-18(16,17)12-6-4-11(5-7-12)14(8-9-15)10-2-3-10/h4-7,10,13,15H,2-3,8-9H2,1H3. The lowest BCUT2D eigenvalue weighted by Gasteiger charge is -2.23. The quantitative estimate of drug-likeness (QED) is 0.792. The van der Waals surface area contributed by atoms with Crippen molar-refractivity contribution in [2.45, 2.75) is 23.8 Å². The summed E-state index contributed by atoms with van der Waals surface area (Å²) in [5.41, 5.74) is 0.960. The normalized spacial score (nSPS) is 15.7. The minimum atomic E-state index is -3.38. The molecule has 6 heteroatoms. The van der Waals surface area contributed by atoms with Crippen molar-refractivity contribution in [2.75, 3.05) is 25.1 Å². The van der Waals surface area contributed by atoms with Gasteiger partial charge in [-0.1, -0.05) is 0 Å². The summed E-state index contributed by atoms with van der Waals surface area (Å²) in [7, 11) is -1.98. The minimum Gasteiger partial charge on any atom is -0.395 e. The van der Waals surface area contributed by atoms with Crippen molar-refractivity contribution in [3.8, 4) is 0 Å². The average Bonchev–Trinajstić information content (AvgIpc) is 3.20. The van der Waals surface area contributed by atoms with E-state index in [1.807, 2.05) is 0 Å². The summed E-state index contributed by atoms with van der Waals surface area (Å²) in [6, 6.07) is 7.25. The van der Waals surface area contributed by atoms with E-state index in [0.717, 1.165) is 18.5 Å². The number of hydrogen-bond acceptors (Lipinski definition) is 4. The van der Waals surface area contributed by atoms with Gasteiger partial charge in [-0.15, -0.1) is 0 Å². The molecule has 0 aromatic heterocycles. The van der Waals surface area contributed by atoms with Gasteiger partial charge in [0.15, 0.2) is 0 Å². The Morgan fingerprint density at radius 3 is 2.39 bits per heavy atom. The molecule has 0 saturated heterocycles. The topological polar surface area (TPSA) is 69.6 Å². The van der Waals surface area contributed by atoms with Gasteiger partial charge < -0.3 is 10.0 Å². The van der Waals surface area contributed by atoms with E-state index in [2.05, 4.69) is 9.62 Å². The number of aliphatic hydroxyl groups is 1. The second-order valence-corrected chi connectivity index (χ2v) is 6.24. The van der Waals surface area contributed by atoms with Crippen LogP contribution in [0.3, 0.4) is 0 Å². The molecule has 1 saturated carbocycles. The number of aliphatic hydroxyl groups excluding tert-OH is 1. The molecule has 0 radical (unpaired) electrons. The Hall–Kier alpha value is -1.11. The molecule has 0 atom stereocenters. The van der Waals surface area contributed by atoms with Crippen molar-refractivity contribution in [1.29, 1.82) is 0 Å². The highest BCUT2D eigenvalue weighted by molar-refractivity contribution is 7.89.